The zero-order valence-corrected chi connectivity index (χ0v) is 17.5. The number of hydrogen-bond donors (Lipinski definition) is 0. The third-order valence-corrected chi connectivity index (χ3v) is 6.43. The van der Waals surface area contributed by atoms with Crippen LogP contribution in [0.5, 0.6) is 0 Å². The molecule has 0 unspecified atom stereocenters. The van der Waals surface area contributed by atoms with E-state index in [9.17, 15) is 4.79 Å². The van der Waals surface area contributed by atoms with E-state index in [1.54, 1.807) is 28.4 Å². The predicted molar refractivity (Wildman–Crippen MR) is 113 cm³/mol. The zero-order chi connectivity index (χ0) is 19.8. The number of amides is 1. The summed E-state index contributed by atoms with van der Waals surface area (Å²) in [4.78, 5) is 19.4. The van der Waals surface area contributed by atoms with Gasteiger partial charge in [0, 0.05) is 33.0 Å². The largest absolute Gasteiger partial charge is 0.419 e. The van der Waals surface area contributed by atoms with E-state index in [2.05, 4.69) is 15.2 Å². The van der Waals surface area contributed by atoms with Crippen molar-refractivity contribution >= 4 is 40.2 Å². The smallest absolute Gasteiger partial charge is 0.274 e. The van der Waals surface area contributed by atoms with Crippen molar-refractivity contribution in [1.29, 1.82) is 0 Å². The molecule has 1 aliphatic rings. The van der Waals surface area contributed by atoms with Gasteiger partial charge in [-0.15, -0.1) is 21.5 Å². The van der Waals surface area contributed by atoms with Crippen LogP contribution in [-0.4, -0.2) is 32.0 Å². The molecule has 0 bridgehead atoms. The van der Waals surface area contributed by atoms with Crippen LogP contribution in [0.1, 0.15) is 29.2 Å². The molecule has 0 aliphatic heterocycles. The molecular formula is C20H15ClN4O2S2. The van der Waals surface area contributed by atoms with Gasteiger partial charge in [0.1, 0.15) is 10.7 Å². The second-order valence-electron chi connectivity index (χ2n) is 6.72. The molecule has 4 aromatic rings. The summed E-state index contributed by atoms with van der Waals surface area (Å²) >= 11 is 9.02. The minimum atomic E-state index is -0.100. The number of nitrogens with zero attached hydrogens (tertiary/aromatic N) is 4. The van der Waals surface area contributed by atoms with Gasteiger partial charge in [-0.05, 0) is 48.6 Å². The minimum Gasteiger partial charge on any atom is -0.419 e. The molecule has 3 heterocycles. The molecule has 1 amide bonds. The fraction of sp³-hybridized carbons (Fsp3) is 0.200. The summed E-state index contributed by atoms with van der Waals surface area (Å²) in [6, 6.07) is 9.39. The quantitative estimate of drug-likeness (QED) is 0.401. The minimum absolute atomic E-state index is 0.100. The van der Waals surface area contributed by atoms with Crippen molar-refractivity contribution in [3.63, 3.8) is 0 Å². The van der Waals surface area contributed by atoms with Crippen LogP contribution in [0.15, 0.2) is 50.9 Å². The molecule has 0 N–H and O–H groups in total. The Morgan fingerprint density at radius 3 is 2.69 bits per heavy atom. The number of hydrogen-bond acceptors (Lipinski definition) is 7. The van der Waals surface area contributed by atoms with Gasteiger partial charge in [0.15, 0.2) is 0 Å². The number of halogens is 1. The number of thiazole rings is 1. The molecule has 0 atom stereocenters. The van der Waals surface area contributed by atoms with Crippen molar-refractivity contribution in [2.45, 2.75) is 25.4 Å². The summed E-state index contributed by atoms with van der Waals surface area (Å²) in [7, 11) is 0. The van der Waals surface area contributed by atoms with Crippen molar-refractivity contribution in [1.82, 2.24) is 20.1 Å². The van der Waals surface area contributed by atoms with Crippen LogP contribution in [0.25, 0.3) is 22.0 Å². The fourth-order valence-electron chi connectivity index (χ4n) is 2.96. The van der Waals surface area contributed by atoms with E-state index in [1.807, 2.05) is 34.3 Å². The summed E-state index contributed by atoms with van der Waals surface area (Å²) in [5.74, 6) is 0.716. The predicted octanol–water partition coefficient (Wildman–Crippen LogP) is 5.38. The van der Waals surface area contributed by atoms with Crippen LogP contribution >= 0.6 is 34.3 Å². The lowest BCUT2D eigenvalue weighted by Gasteiger charge is -2.19. The highest BCUT2D eigenvalue weighted by atomic mass is 35.5. The van der Waals surface area contributed by atoms with E-state index in [-0.39, 0.29) is 18.5 Å². The summed E-state index contributed by atoms with van der Waals surface area (Å²) in [6.45, 7) is 0.273. The van der Waals surface area contributed by atoms with E-state index in [0.29, 0.717) is 22.5 Å². The average Bonchev–Trinajstić information content (AvgIpc) is 3.16. The van der Waals surface area contributed by atoms with Crippen LogP contribution in [0.3, 0.4) is 0 Å². The molecule has 0 saturated heterocycles. The van der Waals surface area contributed by atoms with Gasteiger partial charge >= 0.3 is 0 Å². The van der Waals surface area contributed by atoms with Crippen LogP contribution in [0, 0.1) is 0 Å². The van der Waals surface area contributed by atoms with Crippen LogP contribution in [-0.2, 0) is 6.54 Å². The highest BCUT2D eigenvalue weighted by molar-refractivity contribution is 7.14. The molecule has 0 spiro atoms. The van der Waals surface area contributed by atoms with Gasteiger partial charge in [0.05, 0.1) is 6.54 Å². The van der Waals surface area contributed by atoms with E-state index in [0.717, 1.165) is 29.0 Å². The van der Waals surface area contributed by atoms with Gasteiger partial charge in [0.2, 0.25) is 11.8 Å². The molecule has 1 fully saturated rings. The Balaban J connectivity index is 1.35. The maximum absolute atomic E-state index is 13.1. The second-order valence-corrected chi connectivity index (χ2v) is 8.80. The van der Waals surface area contributed by atoms with E-state index < -0.39 is 0 Å². The lowest BCUT2D eigenvalue weighted by molar-refractivity contribution is 0.0709. The zero-order valence-electron chi connectivity index (χ0n) is 15.1. The Morgan fingerprint density at radius 2 is 1.97 bits per heavy atom. The lowest BCUT2D eigenvalue weighted by atomic mass is 10.2. The third-order valence-electron chi connectivity index (χ3n) is 4.60. The molecule has 9 heteroatoms. The first kappa shape index (κ1) is 18.5. The monoisotopic (exact) mass is 442 g/mol. The van der Waals surface area contributed by atoms with Gasteiger partial charge < -0.3 is 9.32 Å². The Labute approximate surface area is 179 Å². The molecule has 29 heavy (non-hydrogen) atoms. The normalized spacial score (nSPS) is 13.6. The molecule has 0 radical (unpaired) electrons. The van der Waals surface area contributed by atoms with Crippen molar-refractivity contribution in [2.75, 3.05) is 0 Å². The summed E-state index contributed by atoms with van der Waals surface area (Å²) in [6.07, 6.45) is 1.96. The number of carbonyl (C=O) groups excluding carboxylic acids is 1. The van der Waals surface area contributed by atoms with E-state index >= 15 is 0 Å². The van der Waals surface area contributed by atoms with Crippen LogP contribution in [0.2, 0.25) is 5.02 Å². The Kier molecular flexibility index (Phi) is 4.91. The lowest BCUT2D eigenvalue weighted by Crippen LogP contribution is -2.33. The summed E-state index contributed by atoms with van der Waals surface area (Å²) in [5.41, 5.74) is 2.29. The van der Waals surface area contributed by atoms with E-state index in [4.69, 9.17) is 16.0 Å². The Hall–Kier alpha value is -2.55. The molecule has 1 aliphatic carbocycles. The summed E-state index contributed by atoms with van der Waals surface area (Å²) < 4.78 is 5.79. The second kappa shape index (κ2) is 7.70. The first-order valence-corrected chi connectivity index (χ1v) is 11.2. The third kappa shape index (κ3) is 3.96. The SMILES string of the molecule is O=C(c1csc(-c2ccsc2)n1)N(Cc1nnc(-c2ccc(Cl)cc2)o1)C1CC1. The molecule has 3 aromatic heterocycles. The molecule has 6 nitrogen and oxygen atoms in total. The average molecular weight is 443 g/mol. The highest BCUT2D eigenvalue weighted by Gasteiger charge is 2.35. The standard InChI is InChI=1S/C20H15ClN4O2S2/c21-14-3-1-12(2-4-14)18-24-23-17(27-18)9-25(15-5-6-15)20(26)16-11-29-19(22-16)13-7-8-28-10-13/h1-4,7-8,10-11,15H,5-6,9H2. The number of aromatic nitrogens is 3. The number of rotatable bonds is 6. The Morgan fingerprint density at radius 1 is 1.14 bits per heavy atom. The molecular weight excluding hydrogens is 428 g/mol. The van der Waals surface area contributed by atoms with Crippen molar-refractivity contribution in [2.24, 2.45) is 0 Å². The topological polar surface area (TPSA) is 72.1 Å². The first-order chi connectivity index (χ1) is 14.2. The van der Waals surface area contributed by atoms with Gasteiger partial charge in [-0.3, -0.25) is 4.79 Å². The van der Waals surface area contributed by atoms with Crippen LogP contribution < -0.4 is 0 Å². The van der Waals surface area contributed by atoms with Gasteiger partial charge in [-0.1, -0.05) is 11.6 Å². The molecule has 1 aromatic carbocycles. The maximum Gasteiger partial charge on any atom is 0.274 e. The first-order valence-electron chi connectivity index (χ1n) is 9.05. The van der Waals surface area contributed by atoms with E-state index in [1.165, 1.54) is 11.3 Å². The van der Waals surface area contributed by atoms with Crippen molar-refractivity contribution in [3.05, 3.63) is 63.1 Å². The molecule has 146 valence electrons. The van der Waals surface area contributed by atoms with Gasteiger partial charge in [0.25, 0.3) is 5.91 Å². The summed E-state index contributed by atoms with van der Waals surface area (Å²) in [5, 5.41) is 15.6. The number of carbonyl (C=O) groups is 1. The molecule has 1 saturated carbocycles. The maximum atomic E-state index is 13.1. The van der Waals surface area contributed by atoms with Crippen LogP contribution in [0.4, 0.5) is 0 Å². The number of benzene rings is 1. The van der Waals surface area contributed by atoms with Gasteiger partial charge in [-0.2, -0.15) is 11.3 Å². The number of thiophene rings is 1. The van der Waals surface area contributed by atoms with Crippen molar-refractivity contribution in [3.8, 4) is 22.0 Å². The fourth-order valence-corrected chi connectivity index (χ4v) is 4.60. The van der Waals surface area contributed by atoms with Crippen molar-refractivity contribution < 1.29 is 9.21 Å². The Bertz CT molecular complexity index is 1130. The molecule has 5 rings (SSSR count). The highest BCUT2D eigenvalue weighted by Crippen LogP contribution is 2.32. The van der Waals surface area contributed by atoms with Gasteiger partial charge in [-0.25, -0.2) is 4.98 Å².